The number of ether oxygens (including phenoxy) is 1. The molecular formula is C18H23NO. The summed E-state index contributed by atoms with van der Waals surface area (Å²) in [5.41, 5.74) is 3.87. The lowest BCUT2D eigenvalue weighted by atomic mass is 9.95. The minimum atomic E-state index is 0.210. The molecular weight excluding hydrogens is 246 g/mol. The molecule has 0 aliphatic carbocycles. The highest BCUT2D eigenvalue weighted by Gasteiger charge is 2.15. The molecule has 106 valence electrons. The van der Waals surface area contributed by atoms with Crippen LogP contribution in [0.5, 0.6) is 5.75 Å². The number of benzene rings is 2. The van der Waals surface area contributed by atoms with Crippen molar-refractivity contribution in [2.45, 2.75) is 26.8 Å². The second-order valence-electron chi connectivity index (χ2n) is 4.85. The Balaban J connectivity index is 2.38. The minimum absolute atomic E-state index is 0.210. The Hall–Kier alpha value is -1.80. The van der Waals surface area contributed by atoms with Gasteiger partial charge in [0.05, 0.1) is 12.6 Å². The maximum Gasteiger partial charge on any atom is 0.119 e. The van der Waals surface area contributed by atoms with Crippen molar-refractivity contribution in [3.63, 3.8) is 0 Å². The van der Waals surface area contributed by atoms with Gasteiger partial charge in [0.2, 0.25) is 0 Å². The van der Waals surface area contributed by atoms with Crippen molar-refractivity contribution in [1.29, 1.82) is 0 Å². The molecule has 0 aliphatic rings. The van der Waals surface area contributed by atoms with Crippen LogP contribution in [0, 0.1) is 6.92 Å². The molecule has 0 spiro atoms. The third-order valence-corrected chi connectivity index (χ3v) is 3.41. The Labute approximate surface area is 121 Å². The van der Waals surface area contributed by atoms with E-state index in [0.29, 0.717) is 6.61 Å². The predicted octanol–water partition coefficient (Wildman–Crippen LogP) is 4.09. The Kier molecular flexibility index (Phi) is 5.19. The van der Waals surface area contributed by atoms with E-state index in [4.69, 9.17) is 4.74 Å². The summed E-state index contributed by atoms with van der Waals surface area (Å²) in [7, 11) is 0. The van der Waals surface area contributed by atoms with Gasteiger partial charge in [0.1, 0.15) is 5.75 Å². The highest BCUT2D eigenvalue weighted by atomic mass is 16.5. The van der Waals surface area contributed by atoms with Crippen LogP contribution in [0.2, 0.25) is 0 Å². The first-order valence-electron chi connectivity index (χ1n) is 7.28. The quantitative estimate of drug-likeness (QED) is 0.852. The van der Waals surface area contributed by atoms with Crippen molar-refractivity contribution in [3.8, 4) is 5.75 Å². The van der Waals surface area contributed by atoms with Gasteiger partial charge in [-0.2, -0.15) is 0 Å². The fourth-order valence-electron chi connectivity index (χ4n) is 2.47. The molecule has 1 unspecified atom stereocenters. The second-order valence-corrected chi connectivity index (χ2v) is 4.85. The fourth-order valence-corrected chi connectivity index (χ4v) is 2.47. The van der Waals surface area contributed by atoms with E-state index in [9.17, 15) is 0 Å². The topological polar surface area (TPSA) is 21.3 Å². The molecule has 2 heteroatoms. The van der Waals surface area contributed by atoms with Crippen LogP contribution < -0.4 is 10.1 Å². The zero-order valence-corrected chi connectivity index (χ0v) is 12.5. The third-order valence-electron chi connectivity index (χ3n) is 3.41. The summed E-state index contributed by atoms with van der Waals surface area (Å²) in [6.45, 7) is 7.93. The summed E-state index contributed by atoms with van der Waals surface area (Å²) in [5.74, 6) is 0.932. The van der Waals surface area contributed by atoms with Crippen LogP contribution in [0.25, 0.3) is 0 Å². The Bertz CT molecular complexity index is 551. The molecule has 2 aromatic carbocycles. The van der Waals surface area contributed by atoms with Crippen molar-refractivity contribution in [2.75, 3.05) is 13.2 Å². The molecule has 0 saturated carbocycles. The summed E-state index contributed by atoms with van der Waals surface area (Å²) in [5, 5.41) is 3.57. The molecule has 0 fully saturated rings. The number of nitrogens with one attached hydrogen (secondary N) is 1. The third kappa shape index (κ3) is 3.40. The van der Waals surface area contributed by atoms with Crippen molar-refractivity contribution in [2.24, 2.45) is 0 Å². The van der Waals surface area contributed by atoms with Crippen LogP contribution in [0.3, 0.4) is 0 Å². The Morgan fingerprint density at radius 1 is 1.05 bits per heavy atom. The first-order valence-corrected chi connectivity index (χ1v) is 7.28. The highest BCUT2D eigenvalue weighted by Crippen LogP contribution is 2.27. The normalized spacial score (nSPS) is 12.2. The molecule has 1 atom stereocenters. The van der Waals surface area contributed by atoms with Crippen LogP contribution in [0.1, 0.15) is 36.6 Å². The van der Waals surface area contributed by atoms with Crippen LogP contribution in [-0.2, 0) is 0 Å². The van der Waals surface area contributed by atoms with Crippen molar-refractivity contribution < 1.29 is 4.74 Å². The lowest BCUT2D eigenvalue weighted by Crippen LogP contribution is -2.22. The van der Waals surface area contributed by atoms with E-state index in [1.54, 1.807) is 0 Å². The highest BCUT2D eigenvalue weighted by molar-refractivity contribution is 5.39. The van der Waals surface area contributed by atoms with Gasteiger partial charge in [0.15, 0.2) is 0 Å². The number of rotatable bonds is 6. The summed E-state index contributed by atoms with van der Waals surface area (Å²) < 4.78 is 5.61. The molecule has 0 heterocycles. The lowest BCUT2D eigenvalue weighted by Gasteiger charge is -2.21. The van der Waals surface area contributed by atoms with Gasteiger partial charge in [0, 0.05) is 0 Å². The smallest absolute Gasteiger partial charge is 0.119 e. The maximum atomic E-state index is 5.61. The zero-order valence-electron chi connectivity index (χ0n) is 12.5. The first kappa shape index (κ1) is 14.6. The number of hydrogen-bond donors (Lipinski definition) is 1. The summed E-state index contributed by atoms with van der Waals surface area (Å²) in [6, 6.07) is 17.1. The average molecular weight is 269 g/mol. The molecule has 20 heavy (non-hydrogen) atoms. The van der Waals surface area contributed by atoms with Crippen LogP contribution >= 0.6 is 0 Å². The van der Waals surface area contributed by atoms with Gasteiger partial charge in [-0.3, -0.25) is 0 Å². The Morgan fingerprint density at radius 2 is 1.85 bits per heavy atom. The second kappa shape index (κ2) is 7.11. The predicted molar refractivity (Wildman–Crippen MR) is 84.3 cm³/mol. The van der Waals surface area contributed by atoms with Crippen LogP contribution in [0.4, 0.5) is 0 Å². The number of aryl methyl sites for hydroxylation is 1. The fraction of sp³-hybridized carbons (Fsp3) is 0.333. The van der Waals surface area contributed by atoms with Crippen molar-refractivity contribution in [1.82, 2.24) is 5.32 Å². The SMILES string of the molecule is CCNC(c1cccc(OCC)c1)c1ccccc1C. The van der Waals surface area contributed by atoms with Crippen molar-refractivity contribution in [3.05, 3.63) is 65.2 Å². The van der Waals surface area contributed by atoms with E-state index < -0.39 is 0 Å². The molecule has 0 saturated heterocycles. The molecule has 0 aromatic heterocycles. The molecule has 0 amide bonds. The molecule has 2 aromatic rings. The molecule has 0 bridgehead atoms. The zero-order chi connectivity index (χ0) is 14.4. The average Bonchev–Trinajstić information content (AvgIpc) is 2.46. The van der Waals surface area contributed by atoms with E-state index in [0.717, 1.165) is 12.3 Å². The number of hydrogen-bond acceptors (Lipinski definition) is 2. The summed E-state index contributed by atoms with van der Waals surface area (Å²) in [4.78, 5) is 0. The van der Waals surface area contributed by atoms with E-state index in [-0.39, 0.29) is 6.04 Å². The van der Waals surface area contributed by atoms with E-state index in [1.165, 1.54) is 16.7 Å². The van der Waals surface area contributed by atoms with Crippen LogP contribution in [0.15, 0.2) is 48.5 Å². The summed E-state index contributed by atoms with van der Waals surface area (Å²) >= 11 is 0. The molecule has 0 radical (unpaired) electrons. The van der Waals surface area contributed by atoms with Gasteiger partial charge in [-0.15, -0.1) is 0 Å². The molecule has 1 N–H and O–H groups in total. The largest absolute Gasteiger partial charge is 0.494 e. The van der Waals surface area contributed by atoms with E-state index in [2.05, 4.69) is 61.6 Å². The van der Waals surface area contributed by atoms with Gasteiger partial charge in [-0.05, 0) is 49.2 Å². The first-order chi connectivity index (χ1) is 9.76. The molecule has 0 aliphatic heterocycles. The summed E-state index contributed by atoms with van der Waals surface area (Å²) in [6.07, 6.45) is 0. The molecule has 2 nitrogen and oxygen atoms in total. The van der Waals surface area contributed by atoms with Gasteiger partial charge >= 0.3 is 0 Å². The van der Waals surface area contributed by atoms with Gasteiger partial charge in [0.25, 0.3) is 0 Å². The van der Waals surface area contributed by atoms with E-state index in [1.807, 2.05) is 13.0 Å². The lowest BCUT2D eigenvalue weighted by molar-refractivity contribution is 0.339. The van der Waals surface area contributed by atoms with Crippen LogP contribution in [-0.4, -0.2) is 13.2 Å². The minimum Gasteiger partial charge on any atom is -0.494 e. The monoisotopic (exact) mass is 269 g/mol. The van der Waals surface area contributed by atoms with Gasteiger partial charge < -0.3 is 10.1 Å². The van der Waals surface area contributed by atoms with E-state index >= 15 is 0 Å². The Morgan fingerprint density at radius 3 is 2.55 bits per heavy atom. The van der Waals surface area contributed by atoms with Crippen molar-refractivity contribution >= 4 is 0 Å². The van der Waals surface area contributed by atoms with Gasteiger partial charge in [-0.1, -0.05) is 43.3 Å². The van der Waals surface area contributed by atoms with Gasteiger partial charge in [-0.25, -0.2) is 0 Å². The standard InChI is InChI=1S/C18H23NO/c1-4-19-18(17-12-7-6-9-14(17)3)15-10-8-11-16(13-15)20-5-2/h6-13,18-19H,4-5H2,1-3H3. The molecule has 2 rings (SSSR count). The maximum absolute atomic E-state index is 5.61.